The number of carboxylic acids is 1. The first-order valence-corrected chi connectivity index (χ1v) is 8.15. The van der Waals surface area contributed by atoms with E-state index in [1.165, 1.54) is 4.31 Å². The molecule has 1 saturated heterocycles. The first-order chi connectivity index (χ1) is 9.37. The summed E-state index contributed by atoms with van der Waals surface area (Å²) in [5, 5.41) is 9.08. The Morgan fingerprint density at radius 1 is 1.35 bits per heavy atom. The van der Waals surface area contributed by atoms with E-state index in [1.807, 2.05) is 6.92 Å². The average molecular weight is 297 g/mol. The maximum Gasteiger partial charge on any atom is 0.308 e. The van der Waals surface area contributed by atoms with Crippen LogP contribution in [0.2, 0.25) is 0 Å². The number of aryl methyl sites for hydroxylation is 1. The van der Waals surface area contributed by atoms with Gasteiger partial charge in [0.15, 0.2) is 0 Å². The van der Waals surface area contributed by atoms with E-state index < -0.39 is 28.0 Å². The molecule has 1 aromatic carbocycles. The van der Waals surface area contributed by atoms with Crippen molar-refractivity contribution in [1.82, 2.24) is 4.31 Å². The van der Waals surface area contributed by atoms with Gasteiger partial charge in [0.25, 0.3) is 0 Å². The fourth-order valence-corrected chi connectivity index (χ4v) is 4.29. The Labute approximate surface area is 119 Å². The summed E-state index contributed by atoms with van der Waals surface area (Å²) >= 11 is 0. The van der Waals surface area contributed by atoms with Crippen LogP contribution in [0.5, 0.6) is 0 Å². The molecule has 2 unspecified atom stereocenters. The van der Waals surface area contributed by atoms with Crippen molar-refractivity contribution in [2.45, 2.75) is 37.6 Å². The van der Waals surface area contributed by atoms with Crippen LogP contribution in [-0.4, -0.2) is 36.4 Å². The van der Waals surface area contributed by atoms with Crippen molar-refractivity contribution in [2.75, 3.05) is 6.54 Å². The fourth-order valence-electron chi connectivity index (χ4n) is 2.61. The van der Waals surface area contributed by atoms with Crippen molar-refractivity contribution in [1.29, 1.82) is 0 Å². The molecule has 5 nitrogen and oxygen atoms in total. The maximum atomic E-state index is 12.5. The summed E-state index contributed by atoms with van der Waals surface area (Å²) in [5.74, 6) is -1.56. The number of hydrogen-bond acceptors (Lipinski definition) is 3. The predicted molar refractivity (Wildman–Crippen MR) is 74.9 cm³/mol. The molecule has 0 saturated carbocycles. The number of benzene rings is 1. The number of sulfonamides is 1. The molecule has 1 fully saturated rings. The van der Waals surface area contributed by atoms with Gasteiger partial charge in [-0.2, -0.15) is 4.31 Å². The van der Waals surface area contributed by atoms with Gasteiger partial charge in [0.2, 0.25) is 10.0 Å². The third-order valence-corrected chi connectivity index (χ3v) is 5.95. The highest BCUT2D eigenvalue weighted by molar-refractivity contribution is 7.89. The molecule has 2 rings (SSSR count). The molecule has 110 valence electrons. The van der Waals surface area contributed by atoms with Gasteiger partial charge >= 0.3 is 5.97 Å². The van der Waals surface area contributed by atoms with Gasteiger partial charge in [-0.3, -0.25) is 4.79 Å². The van der Waals surface area contributed by atoms with E-state index in [4.69, 9.17) is 5.11 Å². The lowest BCUT2D eigenvalue weighted by molar-refractivity contribution is -0.142. The van der Waals surface area contributed by atoms with E-state index in [2.05, 4.69) is 0 Å². The van der Waals surface area contributed by atoms with E-state index in [-0.39, 0.29) is 11.4 Å². The van der Waals surface area contributed by atoms with Crippen LogP contribution in [0.4, 0.5) is 0 Å². The van der Waals surface area contributed by atoms with Gasteiger partial charge in [0.05, 0.1) is 10.8 Å². The molecule has 6 heteroatoms. The van der Waals surface area contributed by atoms with E-state index in [0.29, 0.717) is 6.42 Å². The van der Waals surface area contributed by atoms with Gasteiger partial charge in [0.1, 0.15) is 0 Å². The topological polar surface area (TPSA) is 74.7 Å². The van der Waals surface area contributed by atoms with Gasteiger partial charge in [-0.25, -0.2) is 8.42 Å². The molecule has 2 atom stereocenters. The summed E-state index contributed by atoms with van der Waals surface area (Å²) in [4.78, 5) is 11.3. The van der Waals surface area contributed by atoms with Gasteiger partial charge < -0.3 is 5.11 Å². The largest absolute Gasteiger partial charge is 0.481 e. The average Bonchev–Trinajstić information content (AvgIpc) is 2.81. The Kier molecular flexibility index (Phi) is 4.15. The third-order valence-electron chi connectivity index (χ3n) is 3.95. The lowest BCUT2D eigenvalue weighted by Crippen LogP contribution is -2.37. The zero-order chi connectivity index (χ0) is 14.9. The summed E-state index contributed by atoms with van der Waals surface area (Å²) in [6.45, 7) is 3.92. The van der Waals surface area contributed by atoms with Gasteiger partial charge in [-0.1, -0.05) is 19.1 Å². The predicted octanol–water partition coefficient (Wildman–Crippen LogP) is 1.73. The first-order valence-electron chi connectivity index (χ1n) is 6.71. The molecule has 0 amide bonds. The van der Waals surface area contributed by atoms with Gasteiger partial charge in [0, 0.05) is 12.6 Å². The Bertz CT molecular complexity index is 594. The van der Waals surface area contributed by atoms with Crippen molar-refractivity contribution in [3.8, 4) is 0 Å². The van der Waals surface area contributed by atoms with Crippen molar-refractivity contribution in [3.63, 3.8) is 0 Å². The highest BCUT2D eigenvalue weighted by Gasteiger charge is 2.42. The Morgan fingerprint density at radius 2 is 1.95 bits per heavy atom. The van der Waals surface area contributed by atoms with Crippen LogP contribution >= 0.6 is 0 Å². The Morgan fingerprint density at radius 3 is 2.40 bits per heavy atom. The smallest absolute Gasteiger partial charge is 0.308 e. The van der Waals surface area contributed by atoms with Crippen LogP contribution in [0.15, 0.2) is 29.2 Å². The quantitative estimate of drug-likeness (QED) is 0.918. The zero-order valence-electron chi connectivity index (χ0n) is 11.6. The monoisotopic (exact) mass is 297 g/mol. The maximum absolute atomic E-state index is 12.5. The molecular formula is C14H19NO4S. The number of aliphatic carboxylic acids is 1. The Balaban J connectivity index is 2.28. The van der Waals surface area contributed by atoms with Crippen molar-refractivity contribution in [3.05, 3.63) is 29.8 Å². The van der Waals surface area contributed by atoms with Crippen molar-refractivity contribution < 1.29 is 18.3 Å². The van der Waals surface area contributed by atoms with Crippen LogP contribution in [0.1, 0.15) is 25.8 Å². The number of carboxylic acid groups (broad SMARTS) is 1. The van der Waals surface area contributed by atoms with Gasteiger partial charge in [-0.05, 0) is 37.5 Å². The van der Waals surface area contributed by atoms with Gasteiger partial charge in [-0.15, -0.1) is 0 Å². The van der Waals surface area contributed by atoms with E-state index in [1.54, 1.807) is 31.2 Å². The van der Waals surface area contributed by atoms with Crippen LogP contribution < -0.4 is 0 Å². The molecule has 0 aromatic heterocycles. The van der Waals surface area contributed by atoms with Crippen molar-refractivity contribution in [2.24, 2.45) is 5.92 Å². The summed E-state index contributed by atoms with van der Waals surface area (Å²) in [5.41, 5.74) is 1.07. The van der Waals surface area contributed by atoms with E-state index in [9.17, 15) is 13.2 Å². The molecule has 1 aliphatic heterocycles. The van der Waals surface area contributed by atoms with E-state index in [0.717, 1.165) is 12.0 Å². The summed E-state index contributed by atoms with van der Waals surface area (Å²) in [7, 11) is -3.61. The second-order valence-corrected chi connectivity index (χ2v) is 6.98. The molecule has 1 N–H and O–H groups in total. The number of nitrogens with zero attached hydrogens (tertiary/aromatic N) is 1. The van der Waals surface area contributed by atoms with Crippen LogP contribution in [-0.2, 0) is 21.2 Å². The lowest BCUT2D eigenvalue weighted by atomic mass is 10.0. The molecule has 1 heterocycles. The molecule has 0 radical (unpaired) electrons. The SMILES string of the molecule is CCc1ccc(S(=O)(=O)N2CCC(C(=O)O)C2C)cc1. The molecule has 20 heavy (non-hydrogen) atoms. The van der Waals surface area contributed by atoms with Crippen molar-refractivity contribution >= 4 is 16.0 Å². The highest BCUT2D eigenvalue weighted by atomic mass is 32.2. The molecule has 0 aliphatic carbocycles. The molecule has 0 spiro atoms. The minimum atomic E-state index is -3.61. The second kappa shape index (κ2) is 5.54. The highest BCUT2D eigenvalue weighted by Crippen LogP contribution is 2.30. The zero-order valence-corrected chi connectivity index (χ0v) is 12.4. The molecular weight excluding hydrogens is 278 g/mol. The first kappa shape index (κ1) is 15.0. The Hall–Kier alpha value is -1.40. The van der Waals surface area contributed by atoms with E-state index >= 15 is 0 Å². The fraction of sp³-hybridized carbons (Fsp3) is 0.500. The third kappa shape index (κ3) is 2.58. The number of rotatable bonds is 4. The minimum Gasteiger partial charge on any atom is -0.481 e. The summed E-state index contributed by atoms with van der Waals surface area (Å²) in [6.07, 6.45) is 1.21. The second-order valence-electron chi connectivity index (χ2n) is 5.09. The molecule has 1 aliphatic rings. The normalized spacial score (nSPS) is 23.9. The van der Waals surface area contributed by atoms with Crippen LogP contribution in [0.25, 0.3) is 0 Å². The number of carbonyl (C=O) groups is 1. The van der Waals surface area contributed by atoms with Crippen LogP contribution in [0, 0.1) is 5.92 Å². The summed E-state index contributed by atoms with van der Waals surface area (Å²) < 4.78 is 26.4. The number of hydrogen-bond donors (Lipinski definition) is 1. The molecule has 1 aromatic rings. The van der Waals surface area contributed by atoms with Crippen LogP contribution in [0.3, 0.4) is 0 Å². The standard InChI is InChI=1S/C14H19NO4S/c1-3-11-4-6-12(7-5-11)20(18,19)15-9-8-13(10(15)2)14(16)17/h4-7,10,13H,3,8-9H2,1-2H3,(H,16,17). The minimum absolute atomic E-state index is 0.229. The molecule has 0 bridgehead atoms. The lowest BCUT2D eigenvalue weighted by Gasteiger charge is -2.22. The summed E-state index contributed by atoms with van der Waals surface area (Å²) in [6, 6.07) is 6.26.